The molecule has 2 aromatic heterocycles. The van der Waals surface area contributed by atoms with Gasteiger partial charge in [-0.05, 0) is 87.1 Å². The van der Waals surface area contributed by atoms with Gasteiger partial charge in [0.25, 0.3) is 0 Å². The van der Waals surface area contributed by atoms with E-state index in [0.717, 1.165) is 58.4 Å². The number of aromatic nitrogens is 1. The molecule has 0 amide bonds. The van der Waals surface area contributed by atoms with Crippen LogP contribution in [0.1, 0.15) is 80.3 Å². The monoisotopic (exact) mass is 470 g/mol. The Morgan fingerprint density at radius 1 is 1.09 bits per heavy atom. The first-order chi connectivity index (χ1) is 16.3. The van der Waals surface area contributed by atoms with Crippen LogP contribution in [0.4, 0.5) is 0 Å². The van der Waals surface area contributed by atoms with E-state index in [4.69, 9.17) is 19.2 Å². The molecule has 0 bridgehead atoms. The summed E-state index contributed by atoms with van der Waals surface area (Å²) in [6.45, 7) is 4.20. The minimum absolute atomic E-state index is 0.0332. The minimum atomic E-state index is -0.0332. The molecular weight excluding hydrogens is 432 g/mol. The van der Waals surface area contributed by atoms with Gasteiger partial charge in [0, 0.05) is 41.9 Å². The van der Waals surface area contributed by atoms with Gasteiger partial charge in [-0.3, -0.25) is 4.98 Å². The van der Waals surface area contributed by atoms with E-state index in [1.54, 1.807) is 0 Å². The van der Waals surface area contributed by atoms with E-state index in [0.29, 0.717) is 6.61 Å². The van der Waals surface area contributed by atoms with E-state index in [2.05, 4.69) is 28.9 Å². The summed E-state index contributed by atoms with van der Waals surface area (Å²) in [5.41, 5.74) is 2.72. The third-order valence-electron chi connectivity index (χ3n) is 7.84. The number of thiophene rings is 1. The van der Waals surface area contributed by atoms with Crippen molar-refractivity contribution in [3.05, 3.63) is 52.0 Å². The van der Waals surface area contributed by atoms with Crippen molar-refractivity contribution < 1.29 is 14.2 Å². The standard InChI is InChI=1S/C27H38N2O3S/c1-5-14-29-24(7-1)26(13-17-32-27(21-26)10-3-4-11-27)12-15-28-19-23-22(9-18-33-23)20-31-25-8-2-6-16-30-25/h1,5,7,9,14,18,25,28H,2-4,6,8,10-13,15-17,19-21H2/t25-,26?/m1/s1. The second-order valence-electron chi connectivity index (χ2n) is 10.1. The van der Waals surface area contributed by atoms with E-state index in [1.165, 1.54) is 48.2 Å². The minimum Gasteiger partial charge on any atom is -0.375 e. The van der Waals surface area contributed by atoms with Crippen LogP contribution in [0.3, 0.4) is 0 Å². The predicted octanol–water partition coefficient (Wildman–Crippen LogP) is 5.73. The van der Waals surface area contributed by atoms with Crippen LogP contribution < -0.4 is 5.32 Å². The number of nitrogens with zero attached hydrogens (tertiary/aromatic N) is 1. The molecule has 1 N–H and O–H groups in total. The third-order valence-corrected chi connectivity index (χ3v) is 8.80. The lowest BCUT2D eigenvalue weighted by molar-refractivity contribution is -0.168. The molecule has 6 heteroatoms. The number of rotatable bonds is 9. The second-order valence-corrected chi connectivity index (χ2v) is 11.1. The van der Waals surface area contributed by atoms with Crippen LogP contribution in [0, 0.1) is 0 Å². The Morgan fingerprint density at radius 3 is 2.85 bits per heavy atom. The van der Waals surface area contributed by atoms with Crippen molar-refractivity contribution in [1.82, 2.24) is 10.3 Å². The normalized spacial score (nSPS) is 27.2. The highest BCUT2D eigenvalue weighted by atomic mass is 32.1. The van der Waals surface area contributed by atoms with Gasteiger partial charge in [0.1, 0.15) is 0 Å². The fourth-order valence-electron chi connectivity index (χ4n) is 6.00. The predicted molar refractivity (Wildman–Crippen MR) is 131 cm³/mol. The molecular formula is C27H38N2O3S. The molecule has 3 aliphatic rings. The van der Waals surface area contributed by atoms with E-state index in [9.17, 15) is 0 Å². The van der Waals surface area contributed by atoms with E-state index in [-0.39, 0.29) is 17.3 Å². The van der Waals surface area contributed by atoms with Crippen molar-refractivity contribution in [3.63, 3.8) is 0 Å². The molecule has 33 heavy (non-hydrogen) atoms. The Labute approximate surface area is 202 Å². The smallest absolute Gasteiger partial charge is 0.158 e. The van der Waals surface area contributed by atoms with Gasteiger partial charge in [0.2, 0.25) is 0 Å². The first kappa shape index (κ1) is 23.4. The third kappa shape index (κ3) is 5.68. The lowest BCUT2D eigenvalue weighted by atomic mass is 9.68. The van der Waals surface area contributed by atoms with E-state index >= 15 is 0 Å². The van der Waals surface area contributed by atoms with Crippen molar-refractivity contribution >= 4 is 11.3 Å². The molecule has 0 radical (unpaired) electrons. The molecule has 180 valence electrons. The lowest BCUT2D eigenvalue weighted by Crippen LogP contribution is -2.47. The Kier molecular flexibility index (Phi) is 7.78. The van der Waals surface area contributed by atoms with E-state index < -0.39 is 0 Å². The van der Waals surface area contributed by atoms with Crippen LogP contribution in [0.5, 0.6) is 0 Å². The summed E-state index contributed by atoms with van der Waals surface area (Å²) >= 11 is 1.82. The van der Waals surface area contributed by atoms with Crippen LogP contribution >= 0.6 is 11.3 Å². The number of hydrogen-bond acceptors (Lipinski definition) is 6. The largest absolute Gasteiger partial charge is 0.375 e. The van der Waals surface area contributed by atoms with Gasteiger partial charge in [-0.15, -0.1) is 11.3 Å². The zero-order valence-electron chi connectivity index (χ0n) is 19.7. The van der Waals surface area contributed by atoms with Crippen LogP contribution in [0.25, 0.3) is 0 Å². The maximum atomic E-state index is 6.39. The van der Waals surface area contributed by atoms with Gasteiger partial charge < -0.3 is 19.5 Å². The number of pyridine rings is 1. The number of ether oxygens (including phenoxy) is 3. The summed E-state index contributed by atoms with van der Waals surface area (Å²) in [6.07, 6.45) is 13.6. The molecule has 1 unspecified atom stereocenters. The molecule has 3 fully saturated rings. The molecule has 2 aromatic rings. The summed E-state index contributed by atoms with van der Waals surface area (Å²) in [7, 11) is 0. The van der Waals surface area contributed by atoms with Crippen molar-refractivity contribution in [1.29, 1.82) is 0 Å². The van der Waals surface area contributed by atoms with Crippen LogP contribution in [0.15, 0.2) is 35.8 Å². The van der Waals surface area contributed by atoms with E-state index in [1.807, 2.05) is 23.6 Å². The average Bonchev–Trinajstić information content (AvgIpc) is 3.51. The average molecular weight is 471 g/mol. The molecule has 4 heterocycles. The highest BCUT2D eigenvalue weighted by Gasteiger charge is 2.48. The van der Waals surface area contributed by atoms with Gasteiger partial charge in [0.05, 0.1) is 12.2 Å². The zero-order chi connectivity index (χ0) is 22.4. The molecule has 0 aromatic carbocycles. The van der Waals surface area contributed by atoms with Crippen LogP contribution in [-0.4, -0.2) is 36.6 Å². The van der Waals surface area contributed by atoms with Gasteiger partial charge in [-0.25, -0.2) is 0 Å². The fraction of sp³-hybridized carbons (Fsp3) is 0.667. The quantitative estimate of drug-likeness (QED) is 0.475. The summed E-state index contributed by atoms with van der Waals surface area (Å²) in [4.78, 5) is 6.20. The van der Waals surface area contributed by atoms with Gasteiger partial charge in [-0.1, -0.05) is 18.9 Å². The summed E-state index contributed by atoms with van der Waals surface area (Å²) < 4.78 is 18.1. The van der Waals surface area contributed by atoms with Crippen molar-refractivity contribution in [2.45, 2.75) is 94.7 Å². The van der Waals surface area contributed by atoms with Crippen molar-refractivity contribution in [3.8, 4) is 0 Å². The molecule has 1 saturated carbocycles. The Bertz CT molecular complexity index is 861. The maximum Gasteiger partial charge on any atom is 0.158 e. The first-order valence-electron chi connectivity index (χ1n) is 12.8. The Morgan fingerprint density at radius 2 is 2.03 bits per heavy atom. The molecule has 5 nitrogen and oxygen atoms in total. The topological polar surface area (TPSA) is 52.6 Å². The van der Waals surface area contributed by atoms with Crippen LogP contribution in [-0.2, 0) is 32.8 Å². The second kappa shape index (κ2) is 11.0. The maximum absolute atomic E-state index is 6.39. The highest BCUT2D eigenvalue weighted by Crippen LogP contribution is 2.49. The number of nitrogens with one attached hydrogen (secondary N) is 1. The zero-order valence-corrected chi connectivity index (χ0v) is 20.5. The van der Waals surface area contributed by atoms with Crippen molar-refractivity contribution in [2.75, 3.05) is 19.8 Å². The Hall–Kier alpha value is -1.31. The van der Waals surface area contributed by atoms with Gasteiger partial charge in [0.15, 0.2) is 6.29 Å². The lowest BCUT2D eigenvalue weighted by Gasteiger charge is -2.46. The molecule has 2 atom stereocenters. The van der Waals surface area contributed by atoms with Crippen molar-refractivity contribution in [2.24, 2.45) is 0 Å². The summed E-state index contributed by atoms with van der Waals surface area (Å²) in [5.74, 6) is 0. The van der Waals surface area contributed by atoms with Gasteiger partial charge >= 0.3 is 0 Å². The summed E-state index contributed by atoms with van der Waals surface area (Å²) in [6, 6.07) is 8.60. The molecule has 1 spiro atoms. The molecule has 5 rings (SSSR count). The molecule has 1 aliphatic carbocycles. The number of hydrogen-bond donors (Lipinski definition) is 1. The fourth-order valence-corrected chi connectivity index (χ4v) is 6.86. The Balaban J connectivity index is 1.18. The SMILES string of the molecule is c1ccc(C2(CCNCc3sccc3CO[C@@H]3CCCCO3)CCOC3(CCCC3)C2)nc1. The summed E-state index contributed by atoms with van der Waals surface area (Å²) in [5, 5.41) is 5.92. The van der Waals surface area contributed by atoms with Crippen LogP contribution in [0.2, 0.25) is 0 Å². The van der Waals surface area contributed by atoms with Gasteiger partial charge in [-0.2, -0.15) is 0 Å². The first-order valence-corrected chi connectivity index (χ1v) is 13.7. The molecule has 2 saturated heterocycles. The molecule has 2 aliphatic heterocycles. The highest BCUT2D eigenvalue weighted by molar-refractivity contribution is 7.10.